The van der Waals surface area contributed by atoms with Crippen LogP contribution in [-0.2, 0) is 15.7 Å². The van der Waals surface area contributed by atoms with Gasteiger partial charge in [0.2, 0.25) is 5.91 Å². The molecule has 7 heteroatoms. The predicted octanol–water partition coefficient (Wildman–Crippen LogP) is 3.14. The monoisotopic (exact) mass is 330 g/mol. The summed E-state index contributed by atoms with van der Waals surface area (Å²) in [5, 5.41) is 2.76. The van der Waals surface area contributed by atoms with Crippen molar-refractivity contribution < 1.29 is 22.7 Å². The van der Waals surface area contributed by atoms with Crippen LogP contribution in [0.15, 0.2) is 24.3 Å². The number of carbonyl (C=O) groups is 1. The Morgan fingerprint density at radius 3 is 2.74 bits per heavy atom. The smallest absolute Gasteiger partial charge is 0.376 e. The van der Waals surface area contributed by atoms with E-state index in [0.29, 0.717) is 13.1 Å². The summed E-state index contributed by atoms with van der Waals surface area (Å²) in [7, 11) is 0. The fourth-order valence-electron chi connectivity index (χ4n) is 2.74. The van der Waals surface area contributed by atoms with Gasteiger partial charge in [-0.1, -0.05) is 6.07 Å². The lowest BCUT2D eigenvalue weighted by Crippen LogP contribution is -2.54. The second-order valence-electron chi connectivity index (χ2n) is 6.39. The first kappa shape index (κ1) is 17.6. The normalized spacial score (nSPS) is 21.1. The van der Waals surface area contributed by atoms with E-state index in [2.05, 4.69) is 5.32 Å². The van der Waals surface area contributed by atoms with Gasteiger partial charge in [-0.3, -0.25) is 4.79 Å². The average Bonchev–Trinajstić information content (AvgIpc) is 2.42. The Morgan fingerprint density at radius 1 is 1.43 bits per heavy atom. The van der Waals surface area contributed by atoms with Crippen molar-refractivity contribution in [2.75, 3.05) is 25.0 Å². The maximum atomic E-state index is 12.7. The van der Waals surface area contributed by atoms with Crippen molar-refractivity contribution in [3.05, 3.63) is 29.8 Å². The van der Waals surface area contributed by atoms with E-state index in [4.69, 9.17) is 4.74 Å². The largest absolute Gasteiger partial charge is 0.416 e. The van der Waals surface area contributed by atoms with Crippen molar-refractivity contribution in [3.8, 4) is 0 Å². The third kappa shape index (κ3) is 4.86. The van der Waals surface area contributed by atoms with Crippen LogP contribution in [-0.4, -0.2) is 42.1 Å². The summed E-state index contributed by atoms with van der Waals surface area (Å²) < 4.78 is 43.7. The van der Waals surface area contributed by atoms with Crippen molar-refractivity contribution in [3.63, 3.8) is 0 Å². The van der Waals surface area contributed by atoms with Crippen LogP contribution in [0.2, 0.25) is 0 Å². The van der Waals surface area contributed by atoms with Gasteiger partial charge < -0.3 is 15.0 Å². The maximum absolute atomic E-state index is 12.7. The standard InChI is InChI=1S/C16H21F3N2O2/c1-11-9-21(10-15(2,3)23-11)14(22)8-20-13-6-4-5-12(7-13)16(17,18)19/h4-7,11,20H,8-10H2,1-3H3. The van der Waals surface area contributed by atoms with E-state index >= 15 is 0 Å². The van der Waals surface area contributed by atoms with Gasteiger partial charge in [-0.25, -0.2) is 0 Å². The van der Waals surface area contributed by atoms with Gasteiger partial charge in [0.25, 0.3) is 0 Å². The van der Waals surface area contributed by atoms with E-state index in [0.717, 1.165) is 12.1 Å². The van der Waals surface area contributed by atoms with Crippen LogP contribution >= 0.6 is 0 Å². The van der Waals surface area contributed by atoms with Crippen molar-refractivity contribution >= 4 is 11.6 Å². The molecule has 1 amide bonds. The highest BCUT2D eigenvalue weighted by Gasteiger charge is 2.33. The third-order valence-electron chi connectivity index (χ3n) is 3.56. The zero-order chi connectivity index (χ0) is 17.3. The molecule has 1 saturated heterocycles. The molecule has 1 unspecified atom stereocenters. The minimum absolute atomic E-state index is 0.0515. The maximum Gasteiger partial charge on any atom is 0.416 e. The van der Waals surface area contributed by atoms with Crippen LogP contribution in [0.25, 0.3) is 0 Å². The van der Waals surface area contributed by atoms with Crippen molar-refractivity contribution in [1.29, 1.82) is 0 Å². The molecule has 1 fully saturated rings. The molecule has 4 nitrogen and oxygen atoms in total. The Bertz CT molecular complexity index is 573. The predicted molar refractivity (Wildman–Crippen MR) is 81.1 cm³/mol. The molecule has 0 aliphatic carbocycles. The number of ether oxygens (including phenoxy) is 1. The highest BCUT2D eigenvalue weighted by Crippen LogP contribution is 2.30. The van der Waals surface area contributed by atoms with Gasteiger partial charge in [-0.05, 0) is 39.0 Å². The van der Waals surface area contributed by atoms with Crippen LogP contribution in [0, 0.1) is 0 Å². The van der Waals surface area contributed by atoms with Crippen LogP contribution in [0.1, 0.15) is 26.3 Å². The highest BCUT2D eigenvalue weighted by atomic mass is 19.4. The number of nitrogens with zero attached hydrogens (tertiary/aromatic N) is 1. The Balaban J connectivity index is 1.97. The highest BCUT2D eigenvalue weighted by molar-refractivity contribution is 5.81. The number of rotatable bonds is 3. The number of carbonyl (C=O) groups excluding carboxylic acids is 1. The molecular weight excluding hydrogens is 309 g/mol. The molecule has 0 radical (unpaired) electrons. The summed E-state index contributed by atoms with van der Waals surface area (Å²) in [5.74, 6) is -0.161. The van der Waals surface area contributed by atoms with Gasteiger partial charge in [-0.15, -0.1) is 0 Å². The molecule has 1 atom stereocenters. The van der Waals surface area contributed by atoms with Crippen molar-refractivity contribution in [1.82, 2.24) is 4.90 Å². The molecular formula is C16H21F3N2O2. The number of hydrogen-bond donors (Lipinski definition) is 1. The Hall–Kier alpha value is -1.76. The van der Waals surface area contributed by atoms with Gasteiger partial charge in [0, 0.05) is 18.8 Å². The van der Waals surface area contributed by atoms with E-state index in [1.54, 1.807) is 4.90 Å². The number of amides is 1. The lowest BCUT2D eigenvalue weighted by atomic mass is 10.1. The molecule has 0 bridgehead atoms. The first-order valence-electron chi connectivity index (χ1n) is 7.43. The third-order valence-corrected chi connectivity index (χ3v) is 3.56. The summed E-state index contributed by atoms with van der Waals surface area (Å²) >= 11 is 0. The second-order valence-corrected chi connectivity index (χ2v) is 6.39. The van der Waals surface area contributed by atoms with Gasteiger partial charge in [0.1, 0.15) is 0 Å². The SMILES string of the molecule is CC1CN(C(=O)CNc2cccc(C(F)(F)F)c2)CC(C)(C)O1. The van der Waals surface area contributed by atoms with E-state index in [-0.39, 0.29) is 24.2 Å². The molecule has 1 aromatic carbocycles. The van der Waals surface area contributed by atoms with Gasteiger partial charge >= 0.3 is 6.18 Å². The topological polar surface area (TPSA) is 41.6 Å². The molecule has 0 aromatic heterocycles. The summed E-state index contributed by atoms with van der Waals surface area (Å²) in [6.07, 6.45) is -4.47. The molecule has 0 saturated carbocycles. The van der Waals surface area contributed by atoms with Gasteiger partial charge in [-0.2, -0.15) is 13.2 Å². The van der Waals surface area contributed by atoms with Crippen LogP contribution < -0.4 is 5.32 Å². The van der Waals surface area contributed by atoms with Crippen molar-refractivity contribution in [2.45, 2.75) is 38.7 Å². The van der Waals surface area contributed by atoms with E-state index in [9.17, 15) is 18.0 Å². The molecule has 1 heterocycles. The van der Waals surface area contributed by atoms with Crippen molar-refractivity contribution in [2.24, 2.45) is 0 Å². The number of morpholine rings is 1. The first-order valence-corrected chi connectivity index (χ1v) is 7.43. The van der Waals surface area contributed by atoms with Crippen LogP contribution in [0.5, 0.6) is 0 Å². The van der Waals surface area contributed by atoms with E-state index in [1.165, 1.54) is 12.1 Å². The van der Waals surface area contributed by atoms with Crippen LogP contribution in [0.4, 0.5) is 18.9 Å². The number of nitrogens with one attached hydrogen (secondary N) is 1. The Labute approximate surface area is 133 Å². The molecule has 2 rings (SSSR count). The summed E-state index contributed by atoms with van der Waals surface area (Å²) in [4.78, 5) is 13.9. The number of anilines is 1. The quantitative estimate of drug-likeness (QED) is 0.926. The van der Waals surface area contributed by atoms with Gasteiger partial charge in [0.05, 0.1) is 23.8 Å². The lowest BCUT2D eigenvalue weighted by Gasteiger charge is -2.41. The molecule has 1 aliphatic heterocycles. The van der Waals surface area contributed by atoms with Gasteiger partial charge in [0.15, 0.2) is 0 Å². The molecule has 1 aliphatic rings. The Morgan fingerprint density at radius 2 is 2.13 bits per heavy atom. The lowest BCUT2D eigenvalue weighted by molar-refractivity contribution is -0.156. The second kappa shape index (κ2) is 6.39. The number of benzene rings is 1. The molecule has 1 aromatic rings. The molecule has 1 N–H and O–H groups in total. The molecule has 23 heavy (non-hydrogen) atoms. The fraction of sp³-hybridized carbons (Fsp3) is 0.562. The minimum Gasteiger partial charge on any atom is -0.376 e. The zero-order valence-electron chi connectivity index (χ0n) is 13.4. The first-order chi connectivity index (χ1) is 10.6. The van der Waals surface area contributed by atoms with E-state index in [1.807, 2.05) is 20.8 Å². The minimum atomic E-state index is -4.40. The summed E-state index contributed by atoms with van der Waals surface area (Å²) in [5.41, 5.74) is -0.895. The molecule has 128 valence electrons. The number of alkyl halides is 3. The van der Waals surface area contributed by atoms with Crippen LogP contribution in [0.3, 0.4) is 0 Å². The summed E-state index contributed by atoms with van der Waals surface area (Å²) in [6.45, 7) is 6.59. The molecule has 0 spiro atoms. The summed E-state index contributed by atoms with van der Waals surface area (Å²) in [6, 6.07) is 4.82. The number of halogens is 3. The number of hydrogen-bond acceptors (Lipinski definition) is 3. The average molecular weight is 330 g/mol. The Kier molecular flexibility index (Phi) is 4.89. The van der Waals surface area contributed by atoms with E-state index < -0.39 is 17.3 Å². The fourth-order valence-corrected chi connectivity index (χ4v) is 2.74. The zero-order valence-corrected chi connectivity index (χ0v) is 13.4.